The molecular weight excluding hydrogens is 434 g/mol. The van der Waals surface area contributed by atoms with Crippen LogP contribution in [0, 0.1) is 0 Å². The average molecular weight is 462 g/mol. The van der Waals surface area contributed by atoms with Crippen molar-refractivity contribution in [3.63, 3.8) is 0 Å². The molecule has 7 nitrogen and oxygen atoms in total. The number of para-hydroxylation sites is 1. The highest BCUT2D eigenvalue weighted by Crippen LogP contribution is 2.30. The van der Waals surface area contributed by atoms with Crippen LogP contribution in [-0.2, 0) is 4.79 Å². The van der Waals surface area contributed by atoms with Gasteiger partial charge >= 0.3 is 0 Å². The highest BCUT2D eigenvalue weighted by Gasteiger charge is 2.11. The van der Waals surface area contributed by atoms with Gasteiger partial charge < -0.3 is 24.3 Å². The maximum Gasteiger partial charge on any atom is 0.262 e. The van der Waals surface area contributed by atoms with Crippen LogP contribution in [0.2, 0.25) is 0 Å². The summed E-state index contributed by atoms with van der Waals surface area (Å²) in [5, 5.41) is 2.77. The molecule has 0 saturated heterocycles. The number of amides is 1. The van der Waals surface area contributed by atoms with E-state index in [1.54, 1.807) is 54.6 Å². The van der Waals surface area contributed by atoms with Crippen LogP contribution >= 0.6 is 0 Å². The van der Waals surface area contributed by atoms with Gasteiger partial charge in [-0.05, 0) is 61.0 Å². The number of allylic oxidation sites excluding steroid dienone is 1. The molecule has 0 aliphatic carbocycles. The molecule has 0 saturated carbocycles. The molecule has 3 rings (SSSR count). The molecule has 0 heterocycles. The maximum absolute atomic E-state index is 12.6. The van der Waals surface area contributed by atoms with Crippen LogP contribution in [0.25, 0.3) is 6.08 Å². The van der Waals surface area contributed by atoms with Crippen LogP contribution in [0.1, 0.15) is 22.8 Å². The first-order chi connectivity index (χ1) is 16.5. The van der Waals surface area contributed by atoms with Gasteiger partial charge in [-0.25, -0.2) is 0 Å². The topological polar surface area (TPSA) is 83.1 Å². The van der Waals surface area contributed by atoms with E-state index in [9.17, 15) is 9.59 Å². The smallest absolute Gasteiger partial charge is 0.262 e. The number of benzene rings is 3. The maximum atomic E-state index is 12.6. The van der Waals surface area contributed by atoms with Gasteiger partial charge in [-0.2, -0.15) is 0 Å². The first-order valence-corrected chi connectivity index (χ1v) is 10.7. The number of carbonyl (C=O) groups is 2. The standard InChI is InChI=1S/C27H27NO6/c1-4-33-26-16-19(10-13-22(29)20-12-15-23(31-2)25(17-20)32-3)11-14-24(26)34-18-27(30)28-21-8-6-5-7-9-21/h5-17H,4,18H2,1-3H3,(H,28,30)/b13-10+. The van der Waals surface area contributed by atoms with Crippen molar-refractivity contribution in [2.24, 2.45) is 0 Å². The van der Waals surface area contributed by atoms with Gasteiger partial charge in [-0.15, -0.1) is 0 Å². The molecule has 176 valence electrons. The summed E-state index contributed by atoms with van der Waals surface area (Å²) in [6.07, 6.45) is 3.16. The summed E-state index contributed by atoms with van der Waals surface area (Å²) in [5.74, 6) is 1.50. The van der Waals surface area contributed by atoms with E-state index < -0.39 is 0 Å². The van der Waals surface area contributed by atoms with Crippen molar-refractivity contribution in [3.8, 4) is 23.0 Å². The predicted octanol–water partition coefficient (Wildman–Crippen LogP) is 5.02. The minimum atomic E-state index is -0.280. The fraction of sp³-hybridized carbons (Fsp3) is 0.185. The molecule has 0 aliphatic heterocycles. The molecule has 0 spiro atoms. The SMILES string of the molecule is CCOc1cc(/C=C/C(=O)c2ccc(OC)c(OC)c2)ccc1OCC(=O)Nc1ccccc1. The lowest BCUT2D eigenvalue weighted by atomic mass is 10.1. The van der Waals surface area contributed by atoms with Gasteiger partial charge in [0.15, 0.2) is 35.4 Å². The highest BCUT2D eigenvalue weighted by atomic mass is 16.5. The second kappa shape index (κ2) is 12.1. The number of hydrogen-bond acceptors (Lipinski definition) is 6. The van der Waals surface area contributed by atoms with Gasteiger partial charge in [0.05, 0.1) is 20.8 Å². The lowest BCUT2D eigenvalue weighted by Gasteiger charge is -2.13. The van der Waals surface area contributed by atoms with Crippen molar-refractivity contribution in [1.82, 2.24) is 0 Å². The summed E-state index contributed by atoms with van der Waals surface area (Å²) < 4.78 is 21.8. The Balaban J connectivity index is 1.67. The Bertz CT molecular complexity index is 1160. The van der Waals surface area contributed by atoms with Crippen LogP contribution in [-0.4, -0.2) is 39.1 Å². The largest absolute Gasteiger partial charge is 0.493 e. The molecule has 34 heavy (non-hydrogen) atoms. The molecule has 0 aliphatic rings. The normalized spacial score (nSPS) is 10.6. The monoisotopic (exact) mass is 461 g/mol. The van der Waals surface area contributed by atoms with Gasteiger partial charge in [0.25, 0.3) is 5.91 Å². The molecule has 0 atom stereocenters. The second-order valence-corrected chi connectivity index (χ2v) is 7.11. The number of anilines is 1. The predicted molar refractivity (Wildman–Crippen MR) is 131 cm³/mol. The van der Waals surface area contributed by atoms with E-state index in [0.29, 0.717) is 40.9 Å². The zero-order chi connectivity index (χ0) is 24.3. The molecule has 0 unspecified atom stereocenters. The fourth-order valence-electron chi connectivity index (χ4n) is 3.14. The van der Waals surface area contributed by atoms with E-state index >= 15 is 0 Å². The Kier molecular flexibility index (Phi) is 8.68. The third kappa shape index (κ3) is 6.62. The van der Waals surface area contributed by atoms with Gasteiger partial charge in [-0.3, -0.25) is 9.59 Å². The molecule has 3 aromatic rings. The first-order valence-electron chi connectivity index (χ1n) is 10.7. The van der Waals surface area contributed by atoms with E-state index in [1.165, 1.54) is 20.3 Å². The molecule has 3 aromatic carbocycles. The first kappa shape index (κ1) is 24.4. The van der Waals surface area contributed by atoms with E-state index in [4.69, 9.17) is 18.9 Å². The van der Waals surface area contributed by atoms with Crippen LogP contribution in [0.15, 0.2) is 72.8 Å². The van der Waals surface area contributed by atoms with E-state index in [0.717, 1.165) is 5.56 Å². The quantitative estimate of drug-likeness (QED) is 0.319. The lowest BCUT2D eigenvalue weighted by molar-refractivity contribution is -0.118. The summed E-state index contributed by atoms with van der Waals surface area (Å²) in [6.45, 7) is 2.11. The zero-order valence-electron chi connectivity index (χ0n) is 19.4. The zero-order valence-corrected chi connectivity index (χ0v) is 19.4. The molecule has 0 radical (unpaired) electrons. The van der Waals surface area contributed by atoms with E-state index in [-0.39, 0.29) is 18.3 Å². The summed E-state index contributed by atoms with van der Waals surface area (Å²) in [4.78, 5) is 24.8. The molecule has 1 amide bonds. The van der Waals surface area contributed by atoms with Gasteiger partial charge in [-0.1, -0.05) is 30.3 Å². The van der Waals surface area contributed by atoms with Crippen molar-refractivity contribution in [2.75, 3.05) is 32.8 Å². The molecule has 0 fully saturated rings. The molecule has 1 N–H and O–H groups in total. The number of hydrogen-bond donors (Lipinski definition) is 1. The molecular formula is C27H27NO6. The average Bonchev–Trinajstić information content (AvgIpc) is 2.87. The third-order valence-corrected chi connectivity index (χ3v) is 4.78. The second-order valence-electron chi connectivity index (χ2n) is 7.11. The minimum Gasteiger partial charge on any atom is -0.493 e. The van der Waals surface area contributed by atoms with Crippen LogP contribution < -0.4 is 24.3 Å². The fourth-order valence-corrected chi connectivity index (χ4v) is 3.14. The lowest BCUT2D eigenvalue weighted by Crippen LogP contribution is -2.20. The summed E-state index contributed by atoms with van der Waals surface area (Å²) in [7, 11) is 3.06. The highest BCUT2D eigenvalue weighted by molar-refractivity contribution is 6.07. The van der Waals surface area contributed by atoms with Gasteiger partial charge in [0.1, 0.15) is 0 Å². The Morgan fingerprint density at radius 2 is 1.56 bits per heavy atom. The number of methoxy groups -OCH3 is 2. The van der Waals surface area contributed by atoms with Crippen LogP contribution in [0.3, 0.4) is 0 Å². The summed E-state index contributed by atoms with van der Waals surface area (Å²) in [6, 6.07) is 19.4. The minimum absolute atomic E-state index is 0.165. The third-order valence-electron chi connectivity index (χ3n) is 4.78. The Morgan fingerprint density at radius 3 is 2.26 bits per heavy atom. The Morgan fingerprint density at radius 1 is 0.824 bits per heavy atom. The van der Waals surface area contributed by atoms with Crippen molar-refractivity contribution >= 4 is 23.5 Å². The number of carbonyl (C=O) groups excluding carboxylic acids is 2. The molecule has 7 heteroatoms. The van der Waals surface area contributed by atoms with Gasteiger partial charge in [0, 0.05) is 11.3 Å². The van der Waals surface area contributed by atoms with Crippen molar-refractivity contribution < 1.29 is 28.5 Å². The summed E-state index contributed by atoms with van der Waals surface area (Å²) >= 11 is 0. The Labute approximate surface area is 198 Å². The number of ether oxygens (including phenoxy) is 4. The molecule has 0 bridgehead atoms. The van der Waals surface area contributed by atoms with Gasteiger partial charge in [0.2, 0.25) is 0 Å². The number of nitrogens with one attached hydrogen (secondary N) is 1. The number of ketones is 1. The van der Waals surface area contributed by atoms with Crippen molar-refractivity contribution in [1.29, 1.82) is 0 Å². The molecule has 0 aromatic heterocycles. The summed E-state index contributed by atoms with van der Waals surface area (Å²) in [5.41, 5.74) is 1.92. The van der Waals surface area contributed by atoms with E-state index in [2.05, 4.69) is 5.32 Å². The Hall–Kier alpha value is -4.26. The van der Waals surface area contributed by atoms with Crippen molar-refractivity contribution in [2.45, 2.75) is 6.92 Å². The van der Waals surface area contributed by atoms with Crippen LogP contribution in [0.5, 0.6) is 23.0 Å². The van der Waals surface area contributed by atoms with Crippen molar-refractivity contribution in [3.05, 3.63) is 83.9 Å². The van der Waals surface area contributed by atoms with Crippen LogP contribution in [0.4, 0.5) is 5.69 Å². The number of rotatable bonds is 11. The van der Waals surface area contributed by atoms with E-state index in [1.807, 2.05) is 25.1 Å².